The molecule has 1 N–H and O–H groups in total. The fourth-order valence-corrected chi connectivity index (χ4v) is 5.63. The van der Waals surface area contributed by atoms with Gasteiger partial charge in [0.15, 0.2) is 6.23 Å². The summed E-state index contributed by atoms with van der Waals surface area (Å²) in [5.41, 5.74) is 8.55. The number of rotatable bonds is 3. The monoisotopic (exact) mass is 489 g/mol. The van der Waals surface area contributed by atoms with Gasteiger partial charge in [-0.2, -0.15) is 0 Å². The number of fused-ring (bicyclic) bond motifs is 6. The van der Waals surface area contributed by atoms with Crippen LogP contribution in [0.5, 0.6) is 5.75 Å². The molecule has 1 atom stereocenters. The number of anilines is 1. The Bertz CT molecular complexity index is 1990. The molecule has 0 radical (unpaired) electrons. The Morgan fingerprint density at radius 2 is 1.32 bits per heavy atom. The molecule has 6 aromatic carbocycles. The second kappa shape index (κ2) is 8.25. The van der Waals surface area contributed by atoms with Crippen molar-refractivity contribution in [3.63, 3.8) is 0 Å². The van der Waals surface area contributed by atoms with Gasteiger partial charge < -0.3 is 14.5 Å². The second-order valence-electron chi connectivity index (χ2n) is 9.79. The van der Waals surface area contributed by atoms with Gasteiger partial charge in [0, 0.05) is 27.3 Å². The summed E-state index contributed by atoms with van der Waals surface area (Å²) in [6.07, 6.45) is -0.187. The molecule has 3 heteroatoms. The fraction of sp³-hybridized carbons (Fsp3) is 0.0286. The quantitative estimate of drug-likeness (QED) is 0.268. The van der Waals surface area contributed by atoms with Gasteiger partial charge in [0.1, 0.15) is 16.9 Å². The highest BCUT2D eigenvalue weighted by Gasteiger charge is 2.25. The summed E-state index contributed by atoms with van der Waals surface area (Å²) in [6.45, 7) is 0. The minimum Gasteiger partial charge on any atom is -0.464 e. The summed E-state index contributed by atoms with van der Waals surface area (Å²) < 4.78 is 12.6. The number of benzene rings is 6. The van der Waals surface area contributed by atoms with E-state index >= 15 is 0 Å². The number of hydrogen-bond acceptors (Lipinski definition) is 3. The van der Waals surface area contributed by atoms with Crippen LogP contribution < -0.4 is 10.1 Å². The highest BCUT2D eigenvalue weighted by atomic mass is 16.5. The molecule has 0 saturated heterocycles. The molecule has 0 bridgehead atoms. The smallest absolute Gasteiger partial charge is 0.196 e. The van der Waals surface area contributed by atoms with Crippen LogP contribution in [-0.2, 0) is 0 Å². The maximum Gasteiger partial charge on any atom is 0.196 e. The normalized spacial score (nSPS) is 14.5. The van der Waals surface area contributed by atoms with Crippen LogP contribution in [0.15, 0.2) is 132 Å². The van der Waals surface area contributed by atoms with Crippen molar-refractivity contribution < 1.29 is 9.15 Å². The van der Waals surface area contributed by atoms with E-state index in [1.54, 1.807) is 0 Å². The highest BCUT2D eigenvalue weighted by molar-refractivity contribution is 6.09. The third-order valence-corrected chi connectivity index (χ3v) is 7.52. The van der Waals surface area contributed by atoms with Crippen molar-refractivity contribution in [1.29, 1.82) is 0 Å². The van der Waals surface area contributed by atoms with Gasteiger partial charge in [0.2, 0.25) is 0 Å². The summed E-state index contributed by atoms with van der Waals surface area (Å²) in [7, 11) is 0. The van der Waals surface area contributed by atoms with E-state index in [2.05, 4.69) is 102 Å². The summed E-state index contributed by atoms with van der Waals surface area (Å²) in [6, 6.07) is 44.4. The highest BCUT2D eigenvalue weighted by Crippen LogP contribution is 2.44. The van der Waals surface area contributed by atoms with Gasteiger partial charge in [-0.3, -0.25) is 0 Å². The molecule has 1 aliphatic heterocycles. The van der Waals surface area contributed by atoms with E-state index in [-0.39, 0.29) is 6.23 Å². The van der Waals surface area contributed by atoms with Crippen LogP contribution in [0.3, 0.4) is 0 Å². The van der Waals surface area contributed by atoms with Gasteiger partial charge in [-0.05, 0) is 46.3 Å². The maximum atomic E-state index is 6.32. The Hall–Kier alpha value is -5.02. The lowest BCUT2D eigenvalue weighted by atomic mass is 9.96. The van der Waals surface area contributed by atoms with E-state index in [4.69, 9.17) is 9.15 Å². The molecule has 1 aromatic heterocycles. The zero-order valence-corrected chi connectivity index (χ0v) is 20.5. The molecule has 2 heterocycles. The number of ether oxygens (including phenoxy) is 1. The van der Waals surface area contributed by atoms with Crippen molar-refractivity contribution in [1.82, 2.24) is 0 Å². The van der Waals surface area contributed by atoms with Crippen LogP contribution in [-0.4, -0.2) is 0 Å². The van der Waals surface area contributed by atoms with Crippen LogP contribution in [0, 0.1) is 0 Å². The Morgan fingerprint density at radius 1 is 0.553 bits per heavy atom. The average Bonchev–Trinajstić information content (AvgIpc) is 3.60. The Morgan fingerprint density at radius 3 is 2.26 bits per heavy atom. The van der Waals surface area contributed by atoms with Crippen LogP contribution in [0.1, 0.15) is 11.8 Å². The molecular formula is C35H23NO2. The molecule has 0 fully saturated rings. The van der Waals surface area contributed by atoms with E-state index < -0.39 is 0 Å². The topological polar surface area (TPSA) is 34.4 Å². The first-order valence-corrected chi connectivity index (χ1v) is 12.9. The van der Waals surface area contributed by atoms with Crippen LogP contribution in [0.4, 0.5) is 5.69 Å². The third kappa shape index (κ3) is 3.29. The second-order valence-corrected chi connectivity index (χ2v) is 9.79. The van der Waals surface area contributed by atoms with Crippen molar-refractivity contribution in [3.05, 3.63) is 133 Å². The number of hydrogen-bond donors (Lipinski definition) is 1. The number of para-hydroxylation sites is 2. The van der Waals surface area contributed by atoms with E-state index in [1.807, 2.05) is 30.3 Å². The van der Waals surface area contributed by atoms with Gasteiger partial charge in [0.25, 0.3) is 0 Å². The van der Waals surface area contributed by atoms with E-state index in [1.165, 1.54) is 5.39 Å². The summed E-state index contributed by atoms with van der Waals surface area (Å²) >= 11 is 0. The largest absolute Gasteiger partial charge is 0.464 e. The molecule has 3 nitrogen and oxygen atoms in total. The van der Waals surface area contributed by atoms with Gasteiger partial charge in [-0.1, -0.05) is 103 Å². The molecule has 180 valence electrons. The first-order chi connectivity index (χ1) is 18.8. The first kappa shape index (κ1) is 21.1. The van der Waals surface area contributed by atoms with E-state index in [0.717, 1.165) is 66.6 Å². The average molecular weight is 490 g/mol. The summed E-state index contributed by atoms with van der Waals surface area (Å²) in [4.78, 5) is 0. The molecule has 0 saturated carbocycles. The molecule has 1 aliphatic rings. The SMILES string of the molecule is c1ccc(C2Nc3c(ccc4ccc(-c5cccc(-c6cccc7c6oc6ccccc67)c5)cc34)O2)cc1. The lowest BCUT2D eigenvalue weighted by Crippen LogP contribution is -2.09. The third-order valence-electron chi connectivity index (χ3n) is 7.52. The van der Waals surface area contributed by atoms with Gasteiger partial charge in [-0.25, -0.2) is 0 Å². The molecule has 1 unspecified atom stereocenters. The molecule has 8 rings (SSSR count). The standard InChI is InChI=1S/C35H23NO2/c1-2-8-23(9-3-1)35-36-33-30-21-25(17-16-22(30)18-19-32(33)38-35)24-10-6-11-26(20-24)27-13-7-14-29-28-12-4-5-15-31(28)37-34(27)29/h1-21,35-36H. The Labute approximate surface area is 219 Å². The predicted molar refractivity (Wildman–Crippen MR) is 156 cm³/mol. The van der Waals surface area contributed by atoms with Crippen molar-refractivity contribution in [2.75, 3.05) is 5.32 Å². The first-order valence-electron chi connectivity index (χ1n) is 12.9. The molecule has 0 spiro atoms. The summed E-state index contributed by atoms with van der Waals surface area (Å²) in [5, 5.41) is 8.23. The molecular weight excluding hydrogens is 466 g/mol. The number of nitrogens with one attached hydrogen (secondary N) is 1. The Balaban J connectivity index is 1.22. The van der Waals surface area contributed by atoms with Crippen LogP contribution in [0.2, 0.25) is 0 Å². The Kier molecular flexibility index (Phi) is 4.58. The van der Waals surface area contributed by atoms with Crippen molar-refractivity contribution >= 4 is 38.4 Å². The van der Waals surface area contributed by atoms with Crippen molar-refractivity contribution in [2.45, 2.75) is 6.23 Å². The lowest BCUT2D eigenvalue weighted by Gasteiger charge is -2.11. The minimum atomic E-state index is -0.187. The van der Waals surface area contributed by atoms with E-state index in [9.17, 15) is 0 Å². The van der Waals surface area contributed by atoms with Crippen molar-refractivity contribution in [2.24, 2.45) is 0 Å². The lowest BCUT2D eigenvalue weighted by molar-refractivity contribution is 0.260. The van der Waals surface area contributed by atoms with Gasteiger partial charge in [0.05, 0.1) is 5.69 Å². The maximum absolute atomic E-state index is 6.32. The molecule has 0 amide bonds. The molecule has 38 heavy (non-hydrogen) atoms. The molecule has 0 aliphatic carbocycles. The minimum absolute atomic E-state index is 0.187. The van der Waals surface area contributed by atoms with Crippen LogP contribution in [0.25, 0.3) is 55.0 Å². The molecule has 7 aromatic rings. The van der Waals surface area contributed by atoms with E-state index in [0.29, 0.717) is 0 Å². The van der Waals surface area contributed by atoms with Gasteiger partial charge >= 0.3 is 0 Å². The van der Waals surface area contributed by atoms with Crippen molar-refractivity contribution in [3.8, 4) is 28.0 Å². The zero-order chi connectivity index (χ0) is 25.1. The summed E-state index contributed by atoms with van der Waals surface area (Å²) in [5.74, 6) is 0.883. The zero-order valence-electron chi connectivity index (χ0n) is 20.5. The predicted octanol–water partition coefficient (Wildman–Crippen LogP) is 9.58. The van der Waals surface area contributed by atoms with Gasteiger partial charge in [-0.15, -0.1) is 0 Å². The number of furan rings is 1. The van der Waals surface area contributed by atoms with Crippen LogP contribution >= 0.6 is 0 Å². The fourth-order valence-electron chi connectivity index (χ4n) is 5.63.